The minimum atomic E-state index is -5.17. The Balaban J connectivity index is -0.0000000457. The molecule has 0 aliphatic carbocycles. The molecule has 0 saturated carbocycles. The van der Waals surface area contributed by atoms with Crippen molar-refractivity contribution in [3.8, 4) is 0 Å². The maximum absolute atomic E-state index is 8.52. The monoisotopic (exact) mass is 283 g/mol. The van der Waals surface area contributed by atoms with E-state index in [0.29, 0.717) is 0 Å². The van der Waals surface area contributed by atoms with Crippen LogP contribution >= 0.6 is 0 Å². The third-order valence-corrected chi connectivity index (χ3v) is 0. The van der Waals surface area contributed by atoms with Crippen molar-refractivity contribution in [2.75, 3.05) is 0 Å². The van der Waals surface area contributed by atoms with Crippen LogP contribution in [0.3, 0.4) is 0 Å². The van der Waals surface area contributed by atoms with E-state index in [1.165, 1.54) is 0 Å². The Labute approximate surface area is 92.4 Å². The molecular weight excluding hydrogens is 284 g/mol. The van der Waals surface area contributed by atoms with Crippen molar-refractivity contribution < 1.29 is 54.5 Å². The smallest absolute Gasteiger partial charge is 0.759 e. The molecule has 0 N–H and O–H groups in total. The summed E-state index contributed by atoms with van der Waals surface area (Å²) in [6, 6.07) is 0. The van der Waals surface area contributed by atoms with Gasteiger partial charge >= 0.3 is 36.8 Å². The molecule has 0 heterocycles. The van der Waals surface area contributed by atoms with Gasteiger partial charge in [-0.15, -0.1) is 0 Å². The van der Waals surface area contributed by atoms with E-state index >= 15 is 0 Å². The van der Waals surface area contributed by atoms with E-state index in [1.54, 1.807) is 0 Å². The summed E-state index contributed by atoms with van der Waals surface area (Å²) < 4.78 is 68.2. The van der Waals surface area contributed by atoms with Crippen molar-refractivity contribution in [3.05, 3.63) is 0 Å². The minimum absolute atomic E-state index is 0. The van der Waals surface area contributed by atoms with Crippen molar-refractivity contribution in [2.45, 2.75) is 0 Å². The van der Waals surface area contributed by atoms with Crippen LogP contribution in [-0.4, -0.2) is 52.4 Å². The zero-order chi connectivity index (χ0) is 9.00. The molecule has 0 aromatic heterocycles. The fraction of sp³-hybridized carbons (Fsp3) is 0. The average Bonchev–Trinajstić information content (AvgIpc) is 1.12. The molecule has 0 radical (unpaired) electrons. The molecule has 0 aliphatic heterocycles. The van der Waals surface area contributed by atoms with E-state index in [9.17, 15) is 0 Å². The molecule has 12 heavy (non-hydrogen) atoms. The second kappa shape index (κ2) is 8.49. The van der Waals surface area contributed by atoms with Crippen LogP contribution in [-0.2, 0) is 40.3 Å². The van der Waals surface area contributed by atoms with E-state index in [1.807, 2.05) is 0 Å². The van der Waals surface area contributed by atoms with Crippen molar-refractivity contribution in [2.24, 2.45) is 0 Å². The number of hydrogen-bond acceptors (Lipinski definition) is 8. The predicted octanol–water partition coefficient (Wildman–Crippen LogP) is -3.06. The molecule has 0 bridgehead atoms. The maximum atomic E-state index is 8.52. The van der Waals surface area contributed by atoms with Crippen molar-refractivity contribution in [1.82, 2.24) is 0 Å². The Hall–Kier alpha value is 0.896. The quantitative estimate of drug-likeness (QED) is 0.257. The molecule has 64 valence electrons. The first-order valence-corrected chi connectivity index (χ1v) is 4.00. The summed E-state index contributed by atoms with van der Waals surface area (Å²) in [7, 11) is -10.3. The van der Waals surface area contributed by atoms with Crippen molar-refractivity contribution >= 4 is 38.2 Å². The second-order valence-corrected chi connectivity index (χ2v) is 2.45. The Morgan fingerprint density at radius 3 is 0.667 bits per heavy atom. The van der Waals surface area contributed by atoms with E-state index in [2.05, 4.69) is 0 Å². The fourth-order valence-corrected chi connectivity index (χ4v) is 0. The first kappa shape index (κ1) is 23.1. The zero-order valence-electron chi connectivity index (χ0n) is 5.37. The molecule has 0 fully saturated rings. The molecule has 0 saturated heterocycles. The van der Waals surface area contributed by atoms with Crippen LogP contribution in [0.2, 0.25) is 0 Å². The van der Waals surface area contributed by atoms with Crippen molar-refractivity contribution in [3.63, 3.8) is 0 Å². The summed E-state index contributed by atoms with van der Waals surface area (Å²) in [5.41, 5.74) is 0. The normalized spacial score (nSPS) is 9.67. The van der Waals surface area contributed by atoms with E-state index < -0.39 is 20.8 Å². The van der Waals surface area contributed by atoms with Crippen LogP contribution in [0.1, 0.15) is 0 Å². The topological polar surface area (TPSA) is 161 Å². The summed E-state index contributed by atoms with van der Waals surface area (Å²) in [4.78, 5) is 0. The van der Waals surface area contributed by atoms with Gasteiger partial charge in [-0.25, -0.2) is 0 Å². The van der Waals surface area contributed by atoms with Crippen LogP contribution in [0, 0.1) is 0 Å². The van der Waals surface area contributed by atoms with Gasteiger partial charge in [-0.2, -0.15) is 0 Å². The largest absolute Gasteiger partial charge is 3.00 e. The number of rotatable bonds is 0. The molecule has 0 atom stereocenters. The third kappa shape index (κ3) is 1330. The fourth-order valence-electron chi connectivity index (χ4n) is 0. The first-order chi connectivity index (χ1) is 4.00. The first-order valence-electron chi connectivity index (χ1n) is 1.33. The molecular formula is AlO8S2Zn+. The van der Waals surface area contributed by atoms with Gasteiger partial charge in [-0.3, -0.25) is 16.8 Å². The second-order valence-electron chi connectivity index (χ2n) is 0.816. The van der Waals surface area contributed by atoms with Crippen LogP contribution in [0.4, 0.5) is 0 Å². The van der Waals surface area contributed by atoms with E-state index in [-0.39, 0.29) is 36.8 Å². The summed E-state index contributed by atoms with van der Waals surface area (Å²) in [5, 5.41) is 0. The van der Waals surface area contributed by atoms with Gasteiger partial charge in [-0.1, -0.05) is 0 Å². The zero-order valence-corrected chi connectivity index (χ0v) is 11.1. The molecule has 0 amide bonds. The van der Waals surface area contributed by atoms with Gasteiger partial charge in [0.15, 0.2) is 0 Å². The Morgan fingerprint density at radius 2 is 0.667 bits per heavy atom. The van der Waals surface area contributed by atoms with Crippen LogP contribution in [0.5, 0.6) is 0 Å². The van der Waals surface area contributed by atoms with Crippen LogP contribution in [0.15, 0.2) is 0 Å². The van der Waals surface area contributed by atoms with Gasteiger partial charge in [0.05, 0.1) is 0 Å². The van der Waals surface area contributed by atoms with Gasteiger partial charge in [0.1, 0.15) is 0 Å². The molecule has 0 unspecified atom stereocenters. The van der Waals surface area contributed by atoms with Gasteiger partial charge in [-0.05, 0) is 0 Å². The van der Waals surface area contributed by atoms with E-state index in [0.717, 1.165) is 0 Å². The van der Waals surface area contributed by atoms with Gasteiger partial charge in [0.25, 0.3) is 0 Å². The maximum Gasteiger partial charge on any atom is 3.00 e. The Kier molecular flexibility index (Phi) is 16.3. The van der Waals surface area contributed by atoms with Crippen LogP contribution < -0.4 is 0 Å². The summed E-state index contributed by atoms with van der Waals surface area (Å²) in [6.07, 6.45) is 0. The summed E-state index contributed by atoms with van der Waals surface area (Å²) in [5.74, 6) is 0. The van der Waals surface area contributed by atoms with Gasteiger partial charge in [0.2, 0.25) is 0 Å². The SMILES string of the molecule is O=S(=O)([O-])[O-].O=S(=O)([O-])[O-].[Al+3].[Zn+2]. The summed E-state index contributed by atoms with van der Waals surface area (Å²) in [6.45, 7) is 0. The van der Waals surface area contributed by atoms with Gasteiger partial charge < -0.3 is 18.2 Å². The van der Waals surface area contributed by atoms with E-state index in [4.69, 9.17) is 35.0 Å². The molecule has 12 heteroatoms. The molecule has 0 spiro atoms. The van der Waals surface area contributed by atoms with Crippen LogP contribution in [0.25, 0.3) is 0 Å². The molecule has 0 aromatic rings. The average molecular weight is 284 g/mol. The Morgan fingerprint density at radius 1 is 0.667 bits per heavy atom. The summed E-state index contributed by atoms with van der Waals surface area (Å²) >= 11 is 0. The molecule has 0 rings (SSSR count). The molecule has 8 nitrogen and oxygen atoms in total. The van der Waals surface area contributed by atoms with Gasteiger partial charge in [0, 0.05) is 20.8 Å². The number of hydrogen-bond donors (Lipinski definition) is 0. The predicted molar refractivity (Wildman–Crippen MR) is 26.7 cm³/mol. The third-order valence-electron chi connectivity index (χ3n) is 0. The minimum Gasteiger partial charge on any atom is -0.759 e. The molecule has 0 aromatic carbocycles. The molecule has 0 aliphatic rings. The van der Waals surface area contributed by atoms with Crippen molar-refractivity contribution in [1.29, 1.82) is 0 Å². The standard InChI is InChI=1S/Al.2H2O4S.Zn/c;2*1-5(2,3)4;/h;2*(H2,1,2,3,4);/q+3;;;+2/p-4. The Bertz CT molecular complexity index is 213.